The summed E-state index contributed by atoms with van der Waals surface area (Å²) in [6, 6.07) is 6.42. The van der Waals surface area contributed by atoms with E-state index in [2.05, 4.69) is 14.7 Å². The maximum Gasteiger partial charge on any atom is 0.266 e. The molecule has 2 rings (SSSR count). The second-order valence-corrected chi connectivity index (χ2v) is 5.81. The molecule has 0 aliphatic carbocycles. The van der Waals surface area contributed by atoms with Gasteiger partial charge in [-0.25, -0.2) is 18.4 Å². The monoisotopic (exact) mass is 278 g/mol. The Labute approximate surface area is 111 Å². The van der Waals surface area contributed by atoms with Crippen LogP contribution in [-0.2, 0) is 10.0 Å². The van der Waals surface area contributed by atoms with E-state index >= 15 is 0 Å². The van der Waals surface area contributed by atoms with E-state index in [0.29, 0.717) is 0 Å². The molecule has 0 bridgehead atoms. The van der Waals surface area contributed by atoms with Crippen LogP contribution in [0.2, 0.25) is 0 Å². The first-order valence-corrected chi connectivity index (χ1v) is 7.05. The molecule has 0 spiro atoms. The number of nitrogen functional groups attached to an aromatic ring is 1. The van der Waals surface area contributed by atoms with Crippen molar-refractivity contribution in [2.24, 2.45) is 0 Å². The smallest absolute Gasteiger partial charge is 0.266 e. The van der Waals surface area contributed by atoms with Crippen molar-refractivity contribution in [3.05, 3.63) is 41.7 Å². The first-order chi connectivity index (χ1) is 8.88. The van der Waals surface area contributed by atoms with E-state index < -0.39 is 10.0 Å². The Balaban J connectivity index is 2.39. The van der Waals surface area contributed by atoms with Crippen molar-refractivity contribution in [3.8, 4) is 0 Å². The number of aryl methyl sites for hydroxylation is 2. The second-order valence-electron chi connectivity index (χ2n) is 4.16. The molecule has 0 aliphatic rings. The Morgan fingerprint density at radius 2 is 2.00 bits per heavy atom. The van der Waals surface area contributed by atoms with Gasteiger partial charge in [-0.1, -0.05) is 0 Å². The molecule has 7 heteroatoms. The lowest BCUT2D eigenvalue weighted by Gasteiger charge is -2.09. The topological polar surface area (TPSA) is 98.0 Å². The number of nitrogens with one attached hydrogen (secondary N) is 1. The number of aromatic nitrogens is 2. The maximum atomic E-state index is 12.2. The molecule has 0 atom stereocenters. The van der Waals surface area contributed by atoms with Gasteiger partial charge in [0.2, 0.25) is 0 Å². The minimum Gasteiger partial charge on any atom is -0.383 e. The van der Waals surface area contributed by atoms with Crippen LogP contribution < -0.4 is 10.5 Å². The lowest BCUT2D eigenvalue weighted by molar-refractivity contribution is 0.601. The Morgan fingerprint density at radius 3 is 2.63 bits per heavy atom. The third-order valence-corrected chi connectivity index (χ3v) is 3.83. The van der Waals surface area contributed by atoms with Crippen LogP contribution >= 0.6 is 0 Å². The lowest BCUT2D eigenvalue weighted by atomic mass is 10.2. The normalized spacial score (nSPS) is 11.3. The SMILES string of the molecule is Cc1cc(C)nc(NS(=O)(=O)c2cccnc2N)c1. The molecule has 0 saturated carbocycles. The van der Waals surface area contributed by atoms with Crippen molar-refractivity contribution in [2.75, 3.05) is 10.5 Å². The lowest BCUT2D eigenvalue weighted by Crippen LogP contribution is -2.16. The van der Waals surface area contributed by atoms with Crippen molar-refractivity contribution in [3.63, 3.8) is 0 Å². The molecule has 0 unspecified atom stereocenters. The average molecular weight is 278 g/mol. The third-order valence-electron chi connectivity index (χ3n) is 2.43. The molecule has 0 fully saturated rings. The molecule has 2 aromatic rings. The number of anilines is 2. The summed E-state index contributed by atoms with van der Waals surface area (Å²) in [5, 5.41) is 0. The van der Waals surface area contributed by atoms with Crippen LogP contribution in [0.5, 0.6) is 0 Å². The number of sulfonamides is 1. The summed E-state index contributed by atoms with van der Waals surface area (Å²) >= 11 is 0. The fourth-order valence-electron chi connectivity index (χ4n) is 1.72. The summed E-state index contributed by atoms with van der Waals surface area (Å²) in [4.78, 5) is 7.82. The number of rotatable bonds is 3. The number of nitrogens with two attached hydrogens (primary N) is 1. The maximum absolute atomic E-state index is 12.2. The van der Waals surface area contributed by atoms with Crippen molar-refractivity contribution >= 4 is 21.7 Å². The summed E-state index contributed by atoms with van der Waals surface area (Å²) in [6.45, 7) is 3.66. The fourth-order valence-corrected chi connectivity index (χ4v) is 2.79. The molecule has 0 saturated heterocycles. The van der Waals surface area contributed by atoms with Gasteiger partial charge in [-0.2, -0.15) is 0 Å². The fraction of sp³-hybridized carbons (Fsp3) is 0.167. The van der Waals surface area contributed by atoms with Gasteiger partial charge in [-0.05, 0) is 43.7 Å². The molecular weight excluding hydrogens is 264 g/mol. The van der Waals surface area contributed by atoms with Crippen LogP contribution in [0.1, 0.15) is 11.3 Å². The van der Waals surface area contributed by atoms with Crippen LogP contribution in [0, 0.1) is 13.8 Å². The van der Waals surface area contributed by atoms with Crippen molar-refractivity contribution < 1.29 is 8.42 Å². The summed E-state index contributed by atoms with van der Waals surface area (Å²) in [6.07, 6.45) is 1.43. The quantitative estimate of drug-likeness (QED) is 0.886. The van der Waals surface area contributed by atoms with Crippen molar-refractivity contribution in [1.29, 1.82) is 0 Å². The highest BCUT2D eigenvalue weighted by Crippen LogP contribution is 2.19. The van der Waals surface area contributed by atoms with E-state index in [1.54, 1.807) is 13.0 Å². The number of hydrogen-bond donors (Lipinski definition) is 2. The Bertz CT molecular complexity index is 693. The zero-order valence-corrected chi connectivity index (χ0v) is 11.4. The number of pyridine rings is 2. The van der Waals surface area contributed by atoms with Gasteiger partial charge in [0.05, 0.1) is 0 Å². The number of nitrogens with zero attached hydrogens (tertiary/aromatic N) is 2. The van der Waals surface area contributed by atoms with E-state index in [0.717, 1.165) is 11.3 Å². The van der Waals surface area contributed by atoms with Gasteiger partial charge >= 0.3 is 0 Å². The van der Waals surface area contributed by atoms with E-state index in [9.17, 15) is 8.42 Å². The van der Waals surface area contributed by atoms with E-state index in [1.165, 1.54) is 18.3 Å². The van der Waals surface area contributed by atoms with Gasteiger partial charge in [0, 0.05) is 11.9 Å². The van der Waals surface area contributed by atoms with Crippen LogP contribution in [0.4, 0.5) is 11.6 Å². The van der Waals surface area contributed by atoms with Gasteiger partial charge in [-0.15, -0.1) is 0 Å². The van der Waals surface area contributed by atoms with Gasteiger partial charge < -0.3 is 5.73 Å². The summed E-state index contributed by atoms with van der Waals surface area (Å²) in [5.41, 5.74) is 7.22. The summed E-state index contributed by atoms with van der Waals surface area (Å²) in [5.74, 6) is 0.222. The molecule has 0 amide bonds. The molecule has 0 radical (unpaired) electrons. The zero-order chi connectivity index (χ0) is 14.0. The molecule has 19 heavy (non-hydrogen) atoms. The highest BCUT2D eigenvalue weighted by Gasteiger charge is 2.18. The molecule has 2 heterocycles. The van der Waals surface area contributed by atoms with Crippen LogP contribution in [0.3, 0.4) is 0 Å². The highest BCUT2D eigenvalue weighted by molar-refractivity contribution is 7.92. The molecule has 2 aromatic heterocycles. The Hall–Kier alpha value is -2.15. The summed E-state index contributed by atoms with van der Waals surface area (Å²) < 4.78 is 26.7. The molecular formula is C12H14N4O2S. The van der Waals surface area contributed by atoms with E-state index in [1.807, 2.05) is 13.0 Å². The highest BCUT2D eigenvalue weighted by atomic mass is 32.2. The molecule has 3 N–H and O–H groups in total. The van der Waals surface area contributed by atoms with Crippen molar-refractivity contribution in [1.82, 2.24) is 9.97 Å². The minimum absolute atomic E-state index is 0.0422. The average Bonchev–Trinajstić information content (AvgIpc) is 2.26. The third kappa shape index (κ3) is 3.00. The van der Waals surface area contributed by atoms with Gasteiger partial charge in [0.1, 0.15) is 16.5 Å². The van der Waals surface area contributed by atoms with Gasteiger partial charge in [0.25, 0.3) is 10.0 Å². The van der Waals surface area contributed by atoms with E-state index in [4.69, 9.17) is 5.73 Å². The molecule has 0 aromatic carbocycles. The standard InChI is InChI=1S/C12H14N4O2S/c1-8-6-9(2)15-11(7-8)16-19(17,18)10-4-3-5-14-12(10)13/h3-7H,1-2H3,(H2,13,14)(H,15,16). The summed E-state index contributed by atoms with van der Waals surface area (Å²) in [7, 11) is -3.78. The largest absolute Gasteiger partial charge is 0.383 e. The zero-order valence-electron chi connectivity index (χ0n) is 10.6. The molecule has 0 aliphatic heterocycles. The first kappa shape index (κ1) is 13.3. The van der Waals surface area contributed by atoms with Crippen LogP contribution in [0.15, 0.2) is 35.4 Å². The second kappa shape index (κ2) is 4.85. The van der Waals surface area contributed by atoms with Gasteiger partial charge in [-0.3, -0.25) is 4.72 Å². The van der Waals surface area contributed by atoms with E-state index in [-0.39, 0.29) is 16.5 Å². The molecule has 100 valence electrons. The predicted octanol–water partition coefficient (Wildman–Crippen LogP) is 1.48. The van der Waals surface area contributed by atoms with Gasteiger partial charge in [0.15, 0.2) is 0 Å². The van der Waals surface area contributed by atoms with Crippen LogP contribution in [-0.4, -0.2) is 18.4 Å². The Morgan fingerprint density at radius 1 is 1.26 bits per heavy atom. The van der Waals surface area contributed by atoms with Crippen molar-refractivity contribution in [2.45, 2.75) is 18.7 Å². The minimum atomic E-state index is -3.78. The Kier molecular flexibility index (Phi) is 3.39. The predicted molar refractivity (Wildman–Crippen MR) is 73.2 cm³/mol. The first-order valence-electron chi connectivity index (χ1n) is 5.57. The number of hydrogen-bond acceptors (Lipinski definition) is 5. The molecule has 6 nitrogen and oxygen atoms in total. The van der Waals surface area contributed by atoms with Crippen LogP contribution in [0.25, 0.3) is 0 Å².